The highest BCUT2D eigenvalue weighted by Gasteiger charge is 2.35. The molecule has 0 saturated heterocycles. The molecular formula is C18H17F3N2S+2. The topological polar surface area (TPSA) is 7.76 Å². The van der Waals surface area contributed by atoms with Crippen molar-refractivity contribution in [3.05, 3.63) is 64.2 Å². The quantitative estimate of drug-likeness (QED) is 0.614. The van der Waals surface area contributed by atoms with Gasteiger partial charge < -0.3 is 0 Å². The summed E-state index contributed by atoms with van der Waals surface area (Å²) >= 11 is 1.46. The normalized spacial score (nSPS) is 11.8. The summed E-state index contributed by atoms with van der Waals surface area (Å²) in [6.07, 6.45) is -2.61. The number of hydrogen-bond acceptors (Lipinski definition) is 1. The molecule has 3 rings (SSSR count). The summed E-state index contributed by atoms with van der Waals surface area (Å²) in [6.45, 7) is 3.74. The minimum atomic E-state index is -4.39. The molecule has 0 bridgehead atoms. The van der Waals surface area contributed by atoms with Crippen LogP contribution in [0.25, 0.3) is 16.9 Å². The molecular weight excluding hydrogens is 333 g/mol. The van der Waals surface area contributed by atoms with E-state index < -0.39 is 11.7 Å². The van der Waals surface area contributed by atoms with E-state index in [-0.39, 0.29) is 0 Å². The summed E-state index contributed by atoms with van der Waals surface area (Å²) in [4.78, 5) is 0. The second kappa shape index (κ2) is 6.02. The molecule has 124 valence electrons. The van der Waals surface area contributed by atoms with Crippen LogP contribution in [0.15, 0.2) is 47.4 Å². The Hall–Kier alpha value is -2.21. The fourth-order valence-electron chi connectivity index (χ4n) is 2.76. The molecule has 0 fully saturated rings. The van der Waals surface area contributed by atoms with Crippen LogP contribution in [0.3, 0.4) is 0 Å². The van der Waals surface area contributed by atoms with Crippen molar-refractivity contribution >= 4 is 11.3 Å². The molecule has 0 atom stereocenters. The highest BCUT2D eigenvalue weighted by molar-refractivity contribution is 7.07. The van der Waals surface area contributed by atoms with E-state index in [4.69, 9.17) is 0 Å². The maximum Gasteiger partial charge on any atom is 0.416 e. The average molecular weight is 350 g/mol. The van der Waals surface area contributed by atoms with Crippen molar-refractivity contribution in [2.45, 2.75) is 20.0 Å². The molecule has 0 aliphatic rings. The molecule has 2 heterocycles. The zero-order chi connectivity index (χ0) is 17.5. The number of aryl methyl sites for hydroxylation is 2. The predicted molar refractivity (Wildman–Crippen MR) is 86.9 cm³/mol. The third kappa shape index (κ3) is 2.94. The second-order valence-electron chi connectivity index (χ2n) is 5.73. The molecule has 2 aromatic heterocycles. The average Bonchev–Trinajstić information content (AvgIpc) is 2.93. The number of rotatable bonds is 2. The Balaban J connectivity index is 2.34. The highest BCUT2D eigenvalue weighted by Crippen LogP contribution is 2.35. The van der Waals surface area contributed by atoms with Gasteiger partial charge in [-0.15, -0.1) is 0 Å². The number of nitrogens with zero attached hydrogens (tertiary/aromatic N) is 2. The Morgan fingerprint density at radius 2 is 1.83 bits per heavy atom. The first-order valence-electron chi connectivity index (χ1n) is 7.40. The fourth-order valence-corrected chi connectivity index (χ4v) is 3.54. The fraction of sp³-hybridized carbons (Fsp3) is 0.222. The van der Waals surface area contributed by atoms with Gasteiger partial charge in [0.05, 0.1) is 16.5 Å². The Kier molecular flexibility index (Phi) is 4.17. The molecule has 3 aromatic rings. The van der Waals surface area contributed by atoms with E-state index in [1.54, 1.807) is 10.8 Å². The summed E-state index contributed by atoms with van der Waals surface area (Å²) < 4.78 is 43.9. The summed E-state index contributed by atoms with van der Waals surface area (Å²) in [5.74, 6) is 0. The summed E-state index contributed by atoms with van der Waals surface area (Å²) in [7, 11) is 1.84. The van der Waals surface area contributed by atoms with Crippen molar-refractivity contribution in [3.8, 4) is 16.9 Å². The van der Waals surface area contributed by atoms with E-state index in [1.807, 2.05) is 54.6 Å². The summed E-state index contributed by atoms with van der Waals surface area (Å²) in [6, 6.07) is 8.02. The molecule has 0 N–H and O–H groups in total. The number of benzene rings is 1. The van der Waals surface area contributed by atoms with Gasteiger partial charge in [-0.1, -0.05) is 17.4 Å². The Morgan fingerprint density at radius 3 is 2.42 bits per heavy atom. The molecule has 0 unspecified atom stereocenters. The predicted octanol–water partition coefficient (Wildman–Crippen LogP) is 4.15. The maximum absolute atomic E-state index is 13.4. The van der Waals surface area contributed by atoms with E-state index in [1.165, 1.54) is 23.5 Å². The number of hydrogen-bond donors (Lipinski definition) is 0. The molecule has 0 spiro atoms. The lowest BCUT2D eigenvalue weighted by Gasteiger charge is -2.12. The van der Waals surface area contributed by atoms with Gasteiger partial charge in [-0.25, -0.2) is 0 Å². The van der Waals surface area contributed by atoms with Crippen molar-refractivity contribution in [1.29, 1.82) is 0 Å². The van der Waals surface area contributed by atoms with Gasteiger partial charge in [0.15, 0.2) is 11.9 Å². The lowest BCUT2D eigenvalue weighted by molar-refractivity contribution is -0.655. The van der Waals surface area contributed by atoms with Gasteiger partial charge in [0.25, 0.3) is 0 Å². The van der Waals surface area contributed by atoms with E-state index in [9.17, 15) is 13.2 Å². The summed E-state index contributed by atoms with van der Waals surface area (Å²) in [5.41, 5.74) is 4.84. The van der Waals surface area contributed by atoms with Crippen LogP contribution in [0.2, 0.25) is 0 Å². The van der Waals surface area contributed by atoms with Crippen LogP contribution in [0.1, 0.15) is 16.8 Å². The molecule has 0 saturated carbocycles. The van der Waals surface area contributed by atoms with Crippen molar-refractivity contribution < 1.29 is 22.3 Å². The zero-order valence-corrected chi connectivity index (χ0v) is 14.4. The number of thiazole rings is 1. The first-order chi connectivity index (χ1) is 11.3. The lowest BCUT2D eigenvalue weighted by Crippen LogP contribution is -2.35. The van der Waals surface area contributed by atoms with Gasteiger partial charge in [0, 0.05) is 30.7 Å². The third-order valence-corrected chi connectivity index (χ3v) is 4.88. The standard InChI is InChI=1S/C18H17F3N2S/c1-12-6-4-5-7-23(12)16-9-14(18(19,20)21)8-15(13(16)2)17-10-24-11-22(17)3/h4-11H,1-3H3/q+2. The van der Waals surface area contributed by atoms with Gasteiger partial charge in [0.1, 0.15) is 7.05 Å². The van der Waals surface area contributed by atoms with Crippen molar-refractivity contribution in [2.75, 3.05) is 0 Å². The van der Waals surface area contributed by atoms with Crippen LogP contribution in [-0.4, -0.2) is 0 Å². The van der Waals surface area contributed by atoms with Crippen LogP contribution >= 0.6 is 11.3 Å². The SMILES string of the molecule is Cc1c(-c2csc[n+]2C)cc(C(F)(F)F)cc1-[n+]1ccccc1C. The van der Waals surface area contributed by atoms with Gasteiger partial charge >= 0.3 is 6.18 Å². The zero-order valence-electron chi connectivity index (χ0n) is 13.6. The molecule has 0 amide bonds. The van der Waals surface area contributed by atoms with Crippen LogP contribution < -0.4 is 9.13 Å². The molecule has 0 aliphatic carbocycles. The van der Waals surface area contributed by atoms with E-state index in [0.717, 1.165) is 17.0 Å². The number of aromatic nitrogens is 2. The highest BCUT2D eigenvalue weighted by atomic mass is 32.1. The van der Waals surface area contributed by atoms with Gasteiger partial charge in [-0.05, 0) is 13.0 Å². The van der Waals surface area contributed by atoms with Crippen molar-refractivity contribution in [1.82, 2.24) is 0 Å². The summed E-state index contributed by atoms with van der Waals surface area (Å²) in [5, 5.41) is 1.87. The molecule has 2 nitrogen and oxygen atoms in total. The first-order valence-corrected chi connectivity index (χ1v) is 8.35. The molecule has 6 heteroatoms. The monoisotopic (exact) mass is 350 g/mol. The largest absolute Gasteiger partial charge is 0.416 e. The number of alkyl halides is 3. The van der Waals surface area contributed by atoms with Gasteiger partial charge in [-0.3, -0.25) is 0 Å². The Labute approximate surface area is 142 Å². The van der Waals surface area contributed by atoms with Gasteiger partial charge in [0.2, 0.25) is 16.9 Å². The van der Waals surface area contributed by atoms with Crippen LogP contribution in [0.4, 0.5) is 13.2 Å². The van der Waals surface area contributed by atoms with Crippen molar-refractivity contribution in [2.24, 2.45) is 7.05 Å². The Bertz CT molecular complexity index is 898. The van der Waals surface area contributed by atoms with E-state index in [2.05, 4.69) is 0 Å². The van der Waals surface area contributed by atoms with E-state index >= 15 is 0 Å². The molecule has 0 radical (unpaired) electrons. The smallest absolute Gasteiger partial charge is 0.191 e. The van der Waals surface area contributed by atoms with Crippen LogP contribution in [-0.2, 0) is 13.2 Å². The molecule has 0 aliphatic heterocycles. The lowest BCUT2D eigenvalue weighted by atomic mass is 9.99. The van der Waals surface area contributed by atoms with Crippen LogP contribution in [0.5, 0.6) is 0 Å². The first kappa shape index (κ1) is 16.6. The third-order valence-electron chi connectivity index (χ3n) is 4.09. The molecule has 24 heavy (non-hydrogen) atoms. The van der Waals surface area contributed by atoms with Crippen LogP contribution in [0, 0.1) is 13.8 Å². The second-order valence-corrected chi connectivity index (χ2v) is 6.45. The Morgan fingerprint density at radius 1 is 1.08 bits per heavy atom. The van der Waals surface area contributed by atoms with Crippen molar-refractivity contribution in [3.63, 3.8) is 0 Å². The number of pyridine rings is 1. The van der Waals surface area contributed by atoms with Gasteiger partial charge in [-0.2, -0.15) is 22.3 Å². The minimum absolute atomic E-state index is 0.545. The molecule has 1 aromatic carbocycles. The minimum Gasteiger partial charge on any atom is -0.191 e. The maximum atomic E-state index is 13.4. The van der Waals surface area contributed by atoms with E-state index in [0.29, 0.717) is 11.3 Å². The number of halogens is 3.